The first-order chi connectivity index (χ1) is 9.78. The van der Waals surface area contributed by atoms with Gasteiger partial charge in [-0.25, -0.2) is 0 Å². The smallest absolute Gasteiger partial charge is 0.105 e. The van der Waals surface area contributed by atoms with Crippen LogP contribution in [0.2, 0.25) is 0 Å². The minimum atomic E-state index is 0.224. The lowest BCUT2D eigenvalue weighted by atomic mass is 10.0. The van der Waals surface area contributed by atoms with Gasteiger partial charge in [0.2, 0.25) is 0 Å². The largest absolute Gasteiger partial charge is 0.469 e. The molecule has 102 valence electrons. The summed E-state index contributed by atoms with van der Waals surface area (Å²) in [6.07, 6.45) is 2.59. The highest BCUT2D eigenvalue weighted by molar-refractivity contribution is 5.78. The molecule has 2 heterocycles. The molecule has 0 saturated carbocycles. The highest BCUT2D eigenvalue weighted by Gasteiger charge is 2.15. The fourth-order valence-corrected chi connectivity index (χ4v) is 2.55. The van der Waals surface area contributed by atoms with Crippen molar-refractivity contribution in [3.8, 4) is 0 Å². The predicted octanol–water partition coefficient (Wildman–Crippen LogP) is 3.64. The molecule has 0 fully saturated rings. The number of hydrogen-bond donors (Lipinski definition) is 1. The summed E-state index contributed by atoms with van der Waals surface area (Å²) in [4.78, 5) is 4.73. The molecule has 0 bridgehead atoms. The average Bonchev–Trinajstić information content (AvgIpc) is 2.91. The van der Waals surface area contributed by atoms with Crippen LogP contribution < -0.4 is 5.32 Å². The Labute approximate surface area is 118 Å². The van der Waals surface area contributed by atoms with Crippen LogP contribution in [0.4, 0.5) is 0 Å². The van der Waals surface area contributed by atoms with Crippen LogP contribution in [0.25, 0.3) is 10.9 Å². The zero-order valence-electron chi connectivity index (χ0n) is 11.8. The number of furan rings is 1. The van der Waals surface area contributed by atoms with Gasteiger partial charge in [-0.2, -0.15) is 0 Å². The monoisotopic (exact) mass is 266 g/mol. The second-order valence-electron chi connectivity index (χ2n) is 4.97. The molecule has 0 radical (unpaired) electrons. The van der Waals surface area contributed by atoms with Crippen molar-refractivity contribution < 1.29 is 4.42 Å². The predicted molar refractivity (Wildman–Crippen MR) is 80.7 cm³/mol. The van der Waals surface area contributed by atoms with Gasteiger partial charge in [-0.1, -0.05) is 24.3 Å². The molecule has 2 aromatic heterocycles. The molecule has 3 nitrogen and oxygen atoms in total. The minimum absolute atomic E-state index is 0.224. The van der Waals surface area contributed by atoms with Crippen LogP contribution in [-0.4, -0.2) is 12.0 Å². The summed E-state index contributed by atoms with van der Waals surface area (Å²) in [5.74, 6) is 0.963. The van der Waals surface area contributed by atoms with Gasteiger partial charge in [0.15, 0.2) is 0 Å². The Morgan fingerprint density at radius 1 is 1.15 bits per heavy atom. The first kappa shape index (κ1) is 12.9. The summed E-state index contributed by atoms with van der Waals surface area (Å²) in [6, 6.07) is 14.7. The lowest BCUT2D eigenvalue weighted by molar-refractivity contribution is 0.511. The lowest BCUT2D eigenvalue weighted by Gasteiger charge is -2.15. The molecule has 0 aliphatic heterocycles. The molecule has 3 aromatic rings. The Morgan fingerprint density at radius 2 is 2.00 bits per heavy atom. The fraction of sp³-hybridized carbons (Fsp3) is 0.235. The number of benzene rings is 1. The number of hydrogen-bond acceptors (Lipinski definition) is 3. The van der Waals surface area contributed by atoms with Crippen molar-refractivity contribution in [2.75, 3.05) is 7.05 Å². The highest BCUT2D eigenvalue weighted by Crippen LogP contribution is 2.22. The van der Waals surface area contributed by atoms with E-state index in [0.29, 0.717) is 0 Å². The normalized spacial score (nSPS) is 12.7. The number of aryl methyl sites for hydroxylation is 1. The van der Waals surface area contributed by atoms with Gasteiger partial charge in [0, 0.05) is 29.1 Å². The van der Waals surface area contributed by atoms with Gasteiger partial charge in [0.25, 0.3) is 0 Å². The Bertz CT molecular complexity index is 718. The minimum Gasteiger partial charge on any atom is -0.469 e. The third-order valence-corrected chi connectivity index (χ3v) is 3.69. The van der Waals surface area contributed by atoms with Crippen LogP contribution in [0.15, 0.2) is 53.1 Å². The van der Waals surface area contributed by atoms with Crippen molar-refractivity contribution in [1.29, 1.82) is 0 Å². The molecule has 1 unspecified atom stereocenters. The molecule has 0 spiro atoms. The van der Waals surface area contributed by atoms with Crippen LogP contribution in [0.1, 0.15) is 23.1 Å². The quantitative estimate of drug-likeness (QED) is 0.783. The van der Waals surface area contributed by atoms with E-state index >= 15 is 0 Å². The molecule has 0 amide bonds. The molecule has 0 saturated heterocycles. The van der Waals surface area contributed by atoms with E-state index in [1.165, 1.54) is 10.9 Å². The van der Waals surface area contributed by atoms with E-state index in [0.717, 1.165) is 23.4 Å². The van der Waals surface area contributed by atoms with E-state index in [1.54, 1.807) is 6.26 Å². The zero-order chi connectivity index (χ0) is 13.9. The van der Waals surface area contributed by atoms with Crippen LogP contribution in [0, 0.1) is 6.92 Å². The Hall–Kier alpha value is -2.13. The van der Waals surface area contributed by atoms with Gasteiger partial charge < -0.3 is 9.73 Å². The van der Waals surface area contributed by atoms with Crippen molar-refractivity contribution in [2.24, 2.45) is 0 Å². The van der Waals surface area contributed by atoms with E-state index < -0.39 is 0 Å². The average molecular weight is 266 g/mol. The van der Waals surface area contributed by atoms with Gasteiger partial charge in [0.1, 0.15) is 5.76 Å². The number of aromatic nitrogens is 1. The van der Waals surface area contributed by atoms with Crippen LogP contribution in [0.5, 0.6) is 0 Å². The van der Waals surface area contributed by atoms with E-state index in [4.69, 9.17) is 9.40 Å². The molecule has 1 aromatic carbocycles. The summed E-state index contributed by atoms with van der Waals surface area (Å²) < 4.78 is 5.39. The highest BCUT2D eigenvalue weighted by atomic mass is 16.3. The Kier molecular flexibility index (Phi) is 3.52. The fourth-order valence-electron chi connectivity index (χ4n) is 2.55. The number of likely N-dealkylation sites (N-methyl/N-ethyl adjacent to an activating group) is 1. The Balaban J connectivity index is 1.89. The molecule has 0 aliphatic rings. The van der Waals surface area contributed by atoms with Crippen molar-refractivity contribution in [3.05, 3.63) is 65.7 Å². The van der Waals surface area contributed by atoms with E-state index in [-0.39, 0.29) is 6.04 Å². The molecule has 0 aliphatic carbocycles. The maximum Gasteiger partial charge on any atom is 0.105 e. The number of nitrogens with one attached hydrogen (secondary N) is 1. The number of nitrogens with zero attached hydrogens (tertiary/aromatic N) is 1. The Morgan fingerprint density at radius 3 is 2.75 bits per heavy atom. The third kappa shape index (κ3) is 2.45. The van der Waals surface area contributed by atoms with Gasteiger partial charge in [-0.3, -0.25) is 4.98 Å². The van der Waals surface area contributed by atoms with Crippen molar-refractivity contribution in [1.82, 2.24) is 10.3 Å². The molecule has 3 rings (SSSR count). The molecular formula is C17H18N2O. The molecular weight excluding hydrogens is 248 g/mol. The SMILES string of the molecule is CNC(Cc1ccc2ccccc2n1)c1ccoc1C. The molecule has 20 heavy (non-hydrogen) atoms. The summed E-state index contributed by atoms with van der Waals surface area (Å²) in [5.41, 5.74) is 3.33. The molecule has 3 heteroatoms. The second-order valence-corrected chi connectivity index (χ2v) is 4.97. The summed E-state index contributed by atoms with van der Waals surface area (Å²) in [6.45, 7) is 1.99. The summed E-state index contributed by atoms with van der Waals surface area (Å²) in [5, 5.41) is 4.52. The van der Waals surface area contributed by atoms with Gasteiger partial charge in [0.05, 0.1) is 11.8 Å². The number of rotatable bonds is 4. The van der Waals surface area contributed by atoms with Crippen LogP contribution in [-0.2, 0) is 6.42 Å². The third-order valence-electron chi connectivity index (χ3n) is 3.69. The van der Waals surface area contributed by atoms with Gasteiger partial charge in [-0.15, -0.1) is 0 Å². The standard InChI is InChI=1S/C17H18N2O/c1-12-15(9-10-20-12)17(18-2)11-14-8-7-13-5-3-4-6-16(13)19-14/h3-10,17-18H,11H2,1-2H3. The van der Waals surface area contributed by atoms with Crippen molar-refractivity contribution in [3.63, 3.8) is 0 Å². The maximum atomic E-state index is 5.39. The first-order valence-electron chi connectivity index (χ1n) is 6.84. The lowest BCUT2D eigenvalue weighted by Crippen LogP contribution is -2.19. The van der Waals surface area contributed by atoms with E-state index in [9.17, 15) is 0 Å². The van der Waals surface area contributed by atoms with Crippen LogP contribution in [0.3, 0.4) is 0 Å². The molecule has 1 N–H and O–H groups in total. The first-order valence-corrected chi connectivity index (χ1v) is 6.84. The van der Waals surface area contributed by atoms with Crippen molar-refractivity contribution >= 4 is 10.9 Å². The zero-order valence-corrected chi connectivity index (χ0v) is 11.8. The maximum absolute atomic E-state index is 5.39. The number of pyridine rings is 1. The second kappa shape index (κ2) is 5.47. The number of para-hydroxylation sites is 1. The van der Waals surface area contributed by atoms with Crippen LogP contribution >= 0.6 is 0 Å². The summed E-state index contributed by atoms with van der Waals surface area (Å²) >= 11 is 0. The summed E-state index contributed by atoms with van der Waals surface area (Å²) in [7, 11) is 1.97. The van der Waals surface area contributed by atoms with E-state index in [2.05, 4.69) is 29.6 Å². The van der Waals surface area contributed by atoms with Gasteiger partial charge in [-0.05, 0) is 32.2 Å². The topological polar surface area (TPSA) is 38.1 Å². The van der Waals surface area contributed by atoms with Gasteiger partial charge >= 0.3 is 0 Å². The van der Waals surface area contributed by atoms with E-state index in [1.807, 2.05) is 32.2 Å². The van der Waals surface area contributed by atoms with Crippen molar-refractivity contribution in [2.45, 2.75) is 19.4 Å². The molecule has 1 atom stereocenters. The number of fused-ring (bicyclic) bond motifs is 1.